The molecule has 1 saturated heterocycles. The Labute approximate surface area is 110 Å². The van der Waals surface area contributed by atoms with Crippen LogP contribution in [0.2, 0.25) is 0 Å². The molecule has 2 nitrogen and oxygen atoms in total. The molecule has 4 heteroatoms. The molecule has 0 aromatic rings. The zero-order chi connectivity index (χ0) is 11.4. The lowest BCUT2D eigenvalue weighted by Gasteiger charge is -2.26. The smallest absolute Gasteiger partial charge is 0.233 e. The van der Waals surface area contributed by atoms with Gasteiger partial charge in [0.25, 0.3) is 0 Å². The Morgan fingerprint density at radius 1 is 1.31 bits per heavy atom. The highest BCUT2D eigenvalue weighted by molar-refractivity contribution is 9.09. The van der Waals surface area contributed by atoms with E-state index in [-0.39, 0.29) is 11.2 Å². The van der Waals surface area contributed by atoms with Gasteiger partial charge in [-0.25, -0.2) is 0 Å². The number of carbonyl (C=O) groups is 1. The molecule has 1 heterocycles. The van der Waals surface area contributed by atoms with Crippen LogP contribution in [-0.4, -0.2) is 28.3 Å². The van der Waals surface area contributed by atoms with E-state index in [0.717, 1.165) is 18.7 Å². The van der Waals surface area contributed by atoms with Gasteiger partial charge in [-0.3, -0.25) is 4.79 Å². The van der Waals surface area contributed by atoms with Crippen LogP contribution in [0.5, 0.6) is 0 Å². The summed E-state index contributed by atoms with van der Waals surface area (Å²) in [5, 5.41) is 3.37. The van der Waals surface area contributed by atoms with Crippen LogP contribution < -0.4 is 5.32 Å². The first-order valence-electron chi connectivity index (χ1n) is 6.29. The number of carbonyl (C=O) groups excluding carboxylic acids is 1. The predicted molar refractivity (Wildman–Crippen MR) is 73.2 cm³/mol. The van der Waals surface area contributed by atoms with Crippen LogP contribution in [0.25, 0.3) is 0 Å². The third-order valence-electron chi connectivity index (χ3n) is 3.51. The number of thioether (sulfide) groups is 1. The first-order valence-corrected chi connectivity index (χ1v) is 8.25. The molecule has 0 radical (unpaired) electrons. The number of alkyl halides is 1. The molecule has 1 aliphatic carbocycles. The van der Waals surface area contributed by atoms with Gasteiger partial charge in [0.05, 0.1) is 5.25 Å². The van der Waals surface area contributed by atoms with E-state index < -0.39 is 0 Å². The average molecular weight is 306 g/mol. The van der Waals surface area contributed by atoms with E-state index in [4.69, 9.17) is 0 Å². The predicted octanol–water partition coefficient (Wildman–Crippen LogP) is 2.95. The van der Waals surface area contributed by atoms with E-state index >= 15 is 0 Å². The van der Waals surface area contributed by atoms with Crippen molar-refractivity contribution in [1.82, 2.24) is 5.32 Å². The Morgan fingerprint density at radius 3 is 2.88 bits per heavy atom. The van der Waals surface area contributed by atoms with E-state index in [1.807, 2.05) is 11.8 Å². The Bertz CT molecular complexity index is 243. The molecule has 1 N–H and O–H groups in total. The molecule has 0 spiro atoms. The molecule has 3 atom stereocenters. The van der Waals surface area contributed by atoms with Crippen LogP contribution in [0.15, 0.2) is 0 Å². The summed E-state index contributed by atoms with van der Waals surface area (Å²) in [6.07, 6.45) is 7.37. The third kappa shape index (κ3) is 3.66. The molecule has 92 valence electrons. The number of nitrogens with one attached hydrogen (secondary N) is 1. The van der Waals surface area contributed by atoms with E-state index in [2.05, 4.69) is 21.2 Å². The van der Waals surface area contributed by atoms with Crippen molar-refractivity contribution in [3.63, 3.8) is 0 Å². The van der Waals surface area contributed by atoms with Crippen molar-refractivity contribution in [2.45, 2.75) is 48.6 Å². The maximum absolute atomic E-state index is 11.8. The normalized spacial score (nSPS) is 34.9. The van der Waals surface area contributed by atoms with Crippen LogP contribution in [0, 0.1) is 5.92 Å². The number of hydrogen-bond donors (Lipinski definition) is 1. The van der Waals surface area contributed by atoms with Gasteiger partial charge in [0.1, 0.15) is 0 Å². The molecule has 0 bridgehead atoms. The van der Waals surface area contributed by atoms with Crippen molar-refractivity contribution in [2.75, 3.05) is 12.3 Å². The van der Waals surface area contributed by atoms with Gasteiger partial charge in [-0.15, -0.1) is 11.8 Å². The summed E-state index contributed by atoms with van der Waals surface area (Å²) < 4.78 is 0. The van der Waals surface area contributed by atoms with Gasteiger partial charge in [-0.2, -0.15) is 0 Å². The lowest BCUT2D eigenvalue weighted by atomic mass is 9.89. The molecule has 2 aliphatic rings. The maximum atomic E-state index is 11.8. The van der Waals surface area contributed by atoms with Crippen molar-refractivity contribution >= 4 is 33.6 Å². The molecule has 1 amide bonds. The summed E-state index contributed by atoms with van der Waals surface area (Å²) in [6.45, 7) is 0.887. The largest absolute Gasteiger partial charge is 0.355 e. The summed E-state index contributed by atoms with van der Waals surface area (Å²) in [6, 6.07) is 0. The molecular weight excluding hydrogens is 286 g/mol. The van der Waals surface area contributed by atoms with Crippen LogP contribution in [-0.2, 0) is 4.79 Å². The highest BCUT2D eigenvalue weighted by atomic mass is 79.9. The molecule has 1 aliphatic heterocycles. The molecule has 0 aromatic carbocycles. The summed E-state index contributed by atoms with van der Waals surface area (Å²) in [5.41, 5.74) is 0. The van der Waals surface area contributed by atoms with Gasteiger partial charge in [-0.05, 0) is 43.8 Å². The molecular formula is C12H20BrNOS. The van der Waals surface area contributed by atoms with E-state index in [1.54, 1.807) is 0 Å². The molecule has 2 fully saturated rings. The van der Waals surface area contributed by atoms with Gasteiger partial charge in [-0.1, -0.05) is 22.4 Å². The fourth-order valence-corrected chi connectivity index (χ4v) is 4.59. The molecule has 1 saturated carbocycles. The molecule has 16 heavy (non-hydrogen) atoms. The number of hydrogen-bond acceptors (Lipinski definition) is 2. The number of amides is 1. The SMILES string of the molecule is O=C(NCC1CCCC(Br)C1)C1CCCS1. The first-order chi connectivity index (χ1) is 7.75. The van der Waals surface area contributed by atoms with Crippen molar-refractivity contribution in [2.24, 2.45) is 5.92 Å². The highest BCUT2D eigenvalue weighted by Gasteiger charge is 2.25. The van der Waals surface area contributed by atoms with Gasteiger partial charge in [0.15, 0.2) is 0 Å². The monoisotopic (exact) mass is 305 g/mol. The zero-order valence-electron chi connectivity index (χ0n) is 9.58. The van der Waals surface area contributed by atoms with Gasteiger partial charge >= 0.3 is 0 Å². The number of halogens is 1. The second-order valence-corrected chi connectivity index (χ2v) is 7.48. The zero-order valence-corrected chi connectivity index (χ0v) is 12.0. The quantitative estimate of drug-likeness (QED) is 0.812. The Kier molecular flexibility index (Phi) is 5.01. The summed E-state index contributed by atoms with van der Waals surface area (Å²) in [5.74, 6) is 2.12. The van der Waals surface area contributed by atoms with Gasteiger partial charge < -0.3 is 5.32 Å². The van der Waals surface area contributed by atoms with Crippen molar-refractivity contribution in [3.8, 4) is 0 Å². The van der Waals surface area contributed by atoms with Crippen molar-refractivity contribution in [3.05, 3.63) is 0 Å². The van der Waals surface area contributed by atoms with Crippen LogP contribution in [0.1, 0.15) is 38.5 Å². The minimum absolute atomic E-state index is 0.239. The fourth-order valence-electron chi connectivity index (χ4n) is 2.55. The average Bonchev–Trinajstić information content (AvgIpc) is 2.79. The van der Waals surface area contributed by atoms with Crippen LogP contribution in [0.4, 0.5) is 0 Å². The summed E-state index contributed by atoms with van der Waals surface area (Å²) in [7, 11) is 0. The minimum atomic E-state index is 0.239. The van der Waals surface area contributed by atoms with E-state index in [9.17, 15) is 4.79 Å². The minimum Gasteiger partial charge on any atom is -0.355 e. The maximum Gasteiger partial charge on any atom is 0.233 e. The Balaban J connectivity index is 1.67. The Morgan fingerprint density at radius 2 is 2.19 bits per heavy atom. The summed E-state index contributed by atoms with van der Waals surface area (Å²) in [4.78, 5) is 12.5. The molecule has 3 unspecified atom stereocenters. The highest BCUT2D eigenvalue weighted by Crippen LogP contribution is 2.29. The third-order valence-corrected chi connectivity index (χ3v) is 5.71. The van der Waals surface area contributed by atoms with Crippen molar-refractivity contribution in [1.29, 1.82) is 0 Å². The van der Waals surface area contributed by atoms with Crippen molar-refractivity contribution < 1.29 is 4.79 Å². The standard InChI is InChI=1S/C12H20BrNOS/c13-10-4-1-3-9(7-10)8-14-12(15)11-5-2-6-16-11/h9-11H,1-8H2,(H,14,15). The first kappa shape index (κ1) is 12.7. The molecule has 0 aromatic heterocycles. The lowest BCUT2D eigenvalue weighted by molar-refractivity contribution is -0.120. The topological polar surface area (TPSA) is 29.1 Å². The summed E-state index contributed by atoms with van der Waals surface area (Å²) >= 11 is 5.50. The van der Waals surface area contributed by atoms with Crippen LogP contribution in [0.3, 0.4) is 0 Å². The Hall–Kier alpha value is 0.300. The molecule has 2 rings (SSSR count). The lowest BCUT2D eigenvalue weighted by Crippen LogP contribution is -2.36. The fraction of sp³-hybridized carbons (Fsp3) is 0.917. The number of rotatable bonds is 3. The van der Waals surface area contributed by atoms with Gasteiger partial charge in [0.2, 0.25) is 5.91 Å². The van der Waals surface area contributed by atoms with Crippen LogP contribution >= 0.6 is 27.7 Å². The van der Waals surface area contributed by atoms with E-state index in [0.29, 0.717) is 10.7 Å². The van der Waals surface area contributed by atoms with E-state index in [1.165, 1.54) is 32.1 Å². The second kappa shape index (κ2) is 6.29. The van der Waals surface area contributed by atoms with Gasteiger partial charge in [0, 0.05) is 11.4 Å². The second-order valence-electron chi connectivity index (χ2n) is 4.88.